The maximum Gasteiger partial charge on any atom is 0.239 e. The summed E-state index contributed by atoms with van der Waals surface area (Å²) in [4.78, 5) is 31.4. The Morgan fingerprint density at radius 1 is 1.00 bits per heavy atom. The monoisotopic (exact) mass is 441 g/mol. The van der Waals surface area contributed by atoms with Gasteiger partial charge in [-0.25, -0.2) is 0 Å². The highest BCUT2D eigenvalue weighted by molar-refractivity contribution is 7.99. The summed E-state index contributed by atoms with van der Waals surface area (Å²) >= 11 is 1.73. The number of nitrogens with one attached hydrogen (secondary N) is 1. The van der Waals surface area contributed by atoms with E-state index in [-0.39, 0.29) is 24.8 Å². The maximum absolute atomic E-state index is 13.3. The number of carbonyl (C=O) groups is 2. The largest absolute Gasteiger partial charge is 0.358 e. The van der Waals surface area contributed by atoms with Gasteiger partial charge in [0.2, 0.25) is 11.8 Å². The fourth-order valence-electron chi connectivity index (χ4n) is 3.67. The molecule has 6 heteroatoms. The molecule has 0 spiro atoms. The highest BCUT2D eigenvalue weighted by atomic mass is 32.2. The number of anilines is 3. The lowest BCUT2D eigenvalue weighted by molar-refractivity contribution is -0.123. The average molecular weight is 442 g/mol. The smallest absolute Gasteiger partial charge is 0.239 e. The maximum atomic E-state index is 13.3. The molecule has 0 aliphatic carbocycles. The van der Waals surface area contributed by atoms with E-state index in [0.717, 1.165) is 21.2 Å². The van der Waals surface area contributed by atoms with Crippen molar-refractivity contribution in [3.05, 3.63) is 78.4 Å². The molecule has 1 aliphatic rings. The second kappa shape index (κ2) is 9.63. The van der Waals surface area contributed by atoms with Gasteiger partial charge in [0.15, 0.2) is 0 Å². The van der Waals surface area contributed by atoms with E-state index < -0.39 is 0 Å². The Kier molecular flexibility index (Phi) is 6.48. The zero-order valence-electron chi connectivity index (χ0n) is 17.7. The average Bonchev–Trinajstić information content (AvgIpc) is 2.84. The minimum atomic E-state index is -0.241. The summed E-state index contributed by atoms with van der Waals surface area (Å²) in [5.74, 6) is 2.20. The number of hydrogen-bond donors (Lipinski definition) is 1. The number of rotatable bonds is 6. The molecule has 3 aromatic rings. The number of likely N-dealkylation sites (N-methyl/N-ethyl adjacent to an activating group) is 1. The van der Waals surface area contributed by atoms with Crippen molar-refractivity contribution < 1.29 is 9.59 Å². The highest BCUT2D eigenvalue weighted by Crippen LogP contribution is 2.47. The number of terminal acetylenes is 1. The van der Waals surface area contributed by atoms with Crippen LogP contribution in [-0.4, -0.2) is 32.0 Å². The van der Waals surface area contributed by atoms with E-state index in [0.29, 0.717) is 17.8 Å². The van der Waals surface area contributed by atoms with Crippen LogP contribution in [0, 0.1) is 12.3 Å². The third-order valence-electron chi connectivity index (χ3n) is 5.29. The molecular formula is C26H23N3O2S. The van der Waals surface area contributed by atoms with Crippen LogP contribution in [0.4, 0.5) is 17.1 Å². The van der Waals surface area contributed by atoms with Crippen molar-refractivity contribution in [3.8, 4) is 12.3 Å². The van der Waals surface area contributed by atoms with Gasteiger partial charge in [-0.3, -0.25) is 9.59 Å². The van der Waals surface area contributed by atoms with Crippen LogP contribution in [0.25, 0.3) is 0 Å². The summed E-state index contributed by atoms with van der Waals surface area (Å²) in [5, 5.41) is 2.59. The molecule has 32 heavy (non-hydrogen) atoms. The Morgan fingerprint density at radius 3 is 2.28 bits per heavy atom. The van der Waals surface area contributed by atoms with E-state index in [4.69, 9.17) is 6.42 Å². The standard InChI is InChI=1S/C26H23N3O2S/c1-3-19-9-8-10-20(17-19)29(18-25(30)27-2)26(31)15-16-28-21-11-4-6-13-23(21)32-24-14-7-5-12-22(24)28/h1,4-14,17H,15-16,18H2,2H3,(H,27,30). The van der Waals surface area contributed by atoms with E-state index in [9.17, 15) is 9.59 Å². The summed E-state index contributed by atoms with van der Waals surface area (Å²) in [6.07, 6.45) is 5.77. The van der Waals surface area contributed by atoms with Crippen LogP contribution in [0.2, 0.25) is 0 Å². The van der Waals surface area contributed by atoms with Crippen molar-refractivity contribution in [2.75, 3.05) is 29.9 Å². The number of amides is 2. The lowest BCUT2D eigenvalue weighted by Gasteiger charge is -2.33. The first-order valence-corrected chi connectivity index (χ1v) is 11.1. The molecule has 1 aliphatic heterocycles. The fourth-order valence-corrected chi connectivity index (χ4v) is 4.77. The van der Waals surface area contributed by atoms with E-state index in [1.54, 1.807) is 43.1 Å². The van der Waals surface area contributed by atoms with E-state index in [1.165, 1.54) is 4.90 Å². The molecule has 5 nitrogen and oxygen atoms in total. The third kappa shape index (κ3) is 4.48. The van der Waals surface area contributed by atoms with Crippen LogP contribution < -0.4 is 15.1 Å². The molecule has 0 saturated carbocycles. The van der Waals surface area contributed by atoms with Crippen molar-refractivity contribution in [2.45, 2.75) is 16.2 Å². The highest BCUT2D eigenvalue weighted by Gasteiger charge is 2.25. The van der Waals surface area contributed by atoms with Crippen LogP contribution in [0.5, 0.6) is 0 Å². The first-order valence-electron chi connectivity index (χ1n) is 10.3. The molecule has 1 N–H and O–H groups in total. The number of hydrogen-bond acceptors (Lipinski definition) is 4. The van der Waals surface area contributed by atoms with Crippen molar-refractivity contribution >= 4 is 40.6 Å². The van der Waals surface area contributed by atoms with Gasteiger partial charge in [-0.1, -0.05) is 48.0 Å². The summed E-state index contributed by atoms with van der Waals surface area (Å²) < 4.78 is 0. The first kappa shape index (κ1) is 21.5. The van der Waals surface area contributed by atoms with Crippen molar-refractivity contribution in [1.29, 1.82) is 0 Å². The SMILES string of the molecule is C#Cc1cccc(N(CC(=O)NC)C(=O)CCN2c3ccccc3Sc3ccccc32)c1. The van der Waals surface area contributed by atoms with E-state index in [2.05, 4.69) is 40.4 Å². The minimum Gasteiger partial charge on any atom is -0.358 e. The van der Waals surface area contributed by atoms with Gasteiger partial charge in [0.1, 0.15) is 6.54 Å². The Labute approximate surface area is 192 Å². The van der Waals surface area contributed by atoms with Gasteiger partial charge in [0, 0.05) is 41.1 Å². The molecule has 0 radical (unpaired) electrons. The minimum absolute atomic E-state index is 0.0631. The Morgan fingerprint density at radius 2 is 1.66 bits per heavy atom. The zero-order chi connectivity index (χ0) is 22.5. The summed E-state index contributed by atoms with van der Waals surface area (Å²) in [5.41, 5.74) is 3.43. The lowest BCUT2D eigenvalue weighted by atomic mass is 10.1. The molecule has 4 rings (SSSR count). The summed E-state index contributed by atoms with van der Waals surface area (Å²) in [6.45, 7) is 0.429. The van der Waals surface area contributed by atoms with Gasteiger partial charge in [0.05, 0.1) is 11.4 Å². The molecule has 0 bridgehead atoms. The second-order valence-corrected chi connectivity index (χ2v) is 8.37. The van der Waals surface area contributed by atoms with E-state index in [1.807, 2.05) is 24.3 Å². The van der Waals surface area contributed by atoms with Crippen molar-refractivity contribution in [1.82, 2.24) is 5.32 Å². The normalized spacial score (nSPS) is 11.7. The van der Waals surface area contributed by atoms with Gasteiger partial charge in [-0.2, -0.15) is 0 Å². The third-order valence-corrected chi connectivity index (χ3v) is 6.42. The van der Waals surface area contributed by atoms with Crippen molar-refractivity contribution in [3.63, 3.8) is 0 Å². The molecule has 0 aromatic heterocycles. The second-order valence-electron chi connectivity index (χ2n) is 7.29. The fraction of sp³-hybridized carbons (Fsp3) is 0.154. The number of carbonyl (C=O) groups excluding carboxylic acids is 2. The van der Waals surface area contributed by atoms with Gasteiger partial charge < -0.3 is 15.1 Å². The van der Waals surface area contributed by atoms with Gasteiger partial charge in [-0.05, 0) is 42.5 Å². The van der Waals surface area contributed by atoms with Crippen molar-refractivity contribution in [2.24, 2.45) is 0 Å². The van der Waals surface area contributed by atoms with Crippen LogP contribution in [0.15, 0.2) is 82.6 Å². The zero-order valence-corrected chi connectivity index (χ0v) is 18.6. The predicted octanol–water partition coefficient (Wildman–Crippen LogP) is 4.44. The van der Waals surface area contributed by atoms with Gasteiger partial charge in [0.25, 0.3) is 0 Å². The van der Waals surface area contributed by atoms with Gasteiger partial charge in [-0.15, -0.1) is 6.42 Å². The summed E-state index contributed by atoms with van der Waals surface area (Å²) in [6, 6.07) is 23.5. The first-order chi connectivity index (χ1) is 15.6. The molecular weight excluding hydrogens is 418 g/mol. The molecule has 0 atom stereocenters. The number of fused-ring (bicyclic) bond motifs is 2. The molecule has 3 aromatic carbocycles. The molecule has 0 fully saturated rings. The molecule has 0 unspecified atom stereocenters. The Hall–Kier alpha value is -3.69. The molecule has 2 amide bonds. The van der Waals surface area contributed by atoms with Crippen LogP contribution >= 0.6 is 11.8 Å². The van der Waals surface area contributed by atoms with Crippen LogP contribution in [-0.2, 0) is 9.59 Å². The molecule has 0 saturated heterocycles. The Bertz CT molecular complexity index is 1160. The molecule has 160 valence electrons. The van der Waals surface area contributed by atoms with E-state index >= 15 is 0 Å². The summed E-state index contributed by atoms with van der Waals surface area (Å²) in [7, 11) is 1.56. The Balaban J connectivity index is 1.60. The lowest BCUT2D eigenvalue weighted by Crippen LogP contribution is -2.41. The quantitative estimate of drug-likeness (QED) is 0.575. The molecule has 1 heterocycles. The number of benzene rings is 3. The predicted molar refractivity (Wildman–Crippen MR) is 129 cm³/mol. The van der Waals surface area contributed by atoms with Crippen LogP contribution in [0.3, 0.4) is 0 Å². The van der Waals surface area contributed by atoms with Crippen LogP contribution in [0.1, 0.15) is 12.0 Å². The van der Waals surface area contributed by atoms with Gasteiger partial charge >= 0.3 is 0 Å². The number of nitrogens with zero attached hydrogens (tertiary/aromatic N) is 2. The number of para-hydroxylation sites is 2. The topological polar surface area (TPSA) is 52.7 Å².